The van der Waals surface area contributed by atoms with Gasteiger partial charge in [-0.2, -0.15) is 11.3 Å². The van der Waals surface area contributed by atoms with Crippen molar-refractivity contribution in [1.82, 2.24) is 0 Å². The van der Waals surface area contributed by atoms with Gasteiger partial charge in [0.15, 0.2) is 0 Å². The van der Waals surface area contributed by atoms with Crippen LogP contribution in [0.3, 0.4) is 0 Å². The highest BCUT2D eigenvalue weighted by Crippen LogP contribution is 2.41. The molecule has 1 aliphatic heterocycles. The molecule has 0 spiro atoms. The van der Waals surface area contributed by atoms with Crippen LogP contribution < -0.4 is 0 Å². The second kappa shape index (κ2) is 4.84. The van der Waals surface area contributed by atoms with Crippen LogP contribution in [0.4, 0.5) is 0 Å². The second-order valence-electron chi connectivity index (χ2n) is 4.36. The van der Waals surface area contributed by atoms with E-state index < -0.39 is 0 Å². The first-order chi connectivity index (χ1) is 8.34. The first-order valence-corrected chi connectivity index (χ1v) is 7.68. The van der Waals surface area contributed by atoms with Crippen LogP contribution in [0.15, 0.2) is 46.0 Å². The molecule has 0 aliphatic carbocycles. The Morgan fingerprint density at radius 2 is 2.18 bits per heavy atom. The Balaban J connectivity index is 1.78. The lowest BCUT2D eigenvalue weighted by Gasteiger charge is -2.17. The third-order valence-corrected chi connectivity index (χ3v) is 5.17. The number of fused-ring (bicyclic) bond motifs is 1. The number of aliphatic hydroxyl groups excluding tert-OH is 1. The fourth-order valence-electron chi connectivity index (χ4n) is 2.30. The van der Waals surface area contributed by atoms with Gasteiger partial charge in [-0.05, 0) is 40.4 Å². The van der Waals surface area contributed by atoms with Crippen molar-refractivity contribution < 1.29 is 5.11 Å². The van der Waals surface area contributed by atoms with Crippen LogP contribution in [0, 0.1) is 0 Å². The molecule has 0 amide bonds. The molecule has 2 aromatic rings. The molecule has 17 heavy (non-hydrogen) atoms. The van der Waals surface area contributed by atoms with Gasteiger partial charge in [-0.25, -0.2) is 0 Å². The molecule has 3 rings (SSSR count). The zero-order chi connectivity index (χ0) is 11.7. The molecule has 0 saturated carbocycles. The maximum absolute atomic E-state index is 10.4. The van der Waals surface area contributed by atoms with Gasteiger partial charge in [0.25, 0.3) is 0 Å². The Kier molecular flexibility index (Phi) is 3.23. The summed E-state index contributed by atoms with van der Waals surface area (Å²) < 4.78 is 0. The molecule has 1 aromatic heterocycles. The topological polar surface area (TPSA) is 20.2 Å². The molecule has 2 unspecified atom stereocenters. The molecule has 1 aromatic carbocycles. The maximum Gasteiger partial charge on any atom is 0.0657 e. The molecule has 2 heterocycles. The molecule has 1 nitrogen and oxygen atoms in total. The van der Waals surface area contributed by atoms with E-state index in [2.05, 4.69) is 41.1 Å². The van der Waals surface area contributed by atoms with Gasteiger partial charge in [-0.3, -0.25) is 0 Å². The van der Waals surface area contributed by atoms with Crippen molar-refractivity contribution in [3.63, 3.8) is 0 Å². The molecule has 2 atom stereocenters. The van der Waals surface area contributed by atoms with Gasteiger partial charge in [-0.15, -0.1) is 11.8 Å². The number of thioether (sulfide) groups is 1. The fourth-order valence-corrected chi connectivity index (χ4v) is 4.30. The number of thiophene rings is 1. The largest absolute Gasteiger partial charge is 0.392 e. The van der Waals surface area contributed by atoms with E-state index >= 15 is 0 Å². The third kappa shape index (κ3) is 2.28. The van der Waals surface area contributed by atoms with Crippen LogP contribution in [0.2, 0.25) is 0 Å². The summed E-state index contributed by atoms with van der Waals surface area (Å²) in [5.74, 6) is 1.29. The summed E-state index contributed by atoms with van der Waals surface area (Å²) in [4.78, 5) is 1.34. The lowest BCUT2D eigenvalue weighted by Crippen LogP contribution is -2.20. The first-order valence-electron chi connectivity index (χ1n) is 5.75. The van der Waals surface area contributed by atoms with E-state index in [-0.39, 0.29) is 12.0 Å². The van der Waals surface area contributed by atoms with Gasteiger partial charge in [-0.1, -0.05) is 18.2 Å². The summed E-state index contributed by atoms with van der Waals surface area (Å²) in [5.41, 5.74) is 2.57. The van der Waals surface area contributed by atoms with Crippen LogP contribution in [0.1, 0.15) is 17.0 Å². The van der Waals surface area contributed by atoms with Gasteiger partial charge >= 0.3 is 0 Å². The third-order valence-electron chi connectivity index (χ3n) is 3.23. The van der Waals surface area contributed by atoms with Crippen LogP contribution in [0.25, 0.3) is 0 Å². The second-order valence-corrected chi connectivity index (χ2v) is 6.20. The number of rotatable bonds is 3. The Labute approximate surface area is 110 Å². The van der Waals surface area contributed by atoms with Gasteiger partial charge < -0.3 is 5.11 Å². The van der Waals surface area contributed by atoms with E-state index in [0.717, 1.165) is 12.2 Å². The van der Waals surface area contributed by atoms with E-state index in [1.807, 2.05) is 11.8 Å². The van der Waals surface area contributed by atoms with Crippen molar-refractivity contribution in [2.45, 2.75) is 23.3 Å². The summed E-state index contributed by atoms with van der Waals surface area (Å²) in [6.45, 7) is 0. The van der Waals surface area contributed by atoms with Crippen molar-refractivity contribution >= 4 is 23.1 Å². The monoisotopic (exact) mass is 262 g/mol. The van der Waals surface area contributed by atoms with Gasteiger partial charge in [0, 0.05) is 16.6 Å². The van der Waals surface area contributed by atoms with Crippen LogP contribution >= 0.6 is 23.1 Å². The minimum absolute atomic E-state index is 0.263. The Bertz CT molecular complexity index is 493. The van der Waals surface area contributed by atoms with Gasteiger partial charge in [0.1, 0.15) is 0 Å². The molecule has 0 radical (unpaired) electrons. The summed E-state index contributed by atoms with van der Waals surface area (Å²) in [6, 6.07) is 10.5. The zero-order valence-electron chi connectivity index (χ0n) is 9.37. The molecule has 3 heteroatoms. The fraction of sp³-hybridized carbons (Fsp3) is 0.286. The molecular weight excluding hydrogens is 248 g/mol. The molecular formula is C14H14OS2. The number of hydrogen-bond acceptors (Lipinski definition) is 3. The van der Waals surface area contributed by atoms with Crippen molar-refractivity contribution in [2.75, 3.05) is 5.75 Å². The van der Waals surface area contributed by atoms with Crippen LogP contribution in [-0.2, 0) is 6.42 Å². The molecule has 1 aliphatic rings. The van der Waals surface area contributed by atoms with Gasteiger partial charge in [0.05, 0.1) is 6.10 Å². The van der Waals surface area contributed by atoms with Crippen molar-refractivity contribution in [2.24, 2.45) is 0 Å². The van der Waals surface area contributed by atoms with E-state index in [4.69, 9.17) is 0 Å². The highest BCUT2D eigenvalue weighted by molar-refractivity contribution is 7.99. The quantitative estimate of drug-likeness (QED) is 0.913. The van der Waals surface area contributed by atoms with Gasteiger partial charge in [0.2, 0.25) is 0 Å². The molecule has 0 bridgehead atoms. The predicted molar refractivity (Wildman–Crippen MR) is 73.9 cm³/mol. The smallest absolute Gasteiger partial charge is 0.0657 e. The zero-order valence-corrected chi connectivity index (χ0v) is 11.0. The molecule has 88 valence electrons. The number of benzene rings is 1. The highest BCUT2D eigenvalue weighted by Gasteiger charge is 2.28. The molecule has 0 fully saturated rings. The summed E-state index contributed by atoms with van der Waals surface area (Å²) in [7, 11) is 0. The maximum atomic E-state index is 10.4. The average Bonchev–Trinajstić information content (AvgIpc) is 2.96. The highest BCUT2D eigenvalue weighted by atomic mass is 32.2. The summed E-state index contributed by atoms with van der Waals surface area (Å²) in [5, 5.41) is 14.5. The SMILES string of the molecule is OC(Cc1ccsc1)C1CSc2ccccc21. The lowest BCUT2D eigenvalue weighted by atomic mass is 9.92. The van der Waals surface area contributed by atoms with Crippen molar-refractivity contribution in [1.29, 1.82) is 0 Å². The summed E-state index contributed by atoms with van der Waals surface area (Å²) in [6.07, 6.45) is 0.504. The minimum Gasteiger partial charge on any atom is -0.392 e. The first kappa shape index (κ1) is 11.3. The normalized spacial score (nSPS) is 20.2. The minimum atomic E-state index is -0.263. The van der Waals surface area contributed by atoms with E-state index in [1.165, 1.54) is 16.0 Å². The van der Waals surface area contributed by atoms with Crippen molar-refractivity contribution in [3.8, 4) is 0 Å². The Morgan fingerprint density at radius 1 is 1.29 bits per heavy atom. The van der Waals surface area contributed by atoms with Crippen LogP contribution in [0.5, 0.6) is 0 Å². The van der Waals surface area contributed by atoms with E-state index in [1.54, 1.807) is 11.3 Å². The Morgan fingerprint density at radius 3 is 3.00 bits per heavy atom. The number of aliphatic hydroxyl groups is 1. The van der Waals surface area contributed by atoms with Crippen molar-refractivity contribution in [3.05, 3.63) is 52.2 Å². The average molecular weight is 262 g/mol. The predicted octanol–water partition coefficient (Wildman–Crippen LogP) is 3.54. The van der Waals surface area contributed by atoms with E-state index in [0.29, 0.717) is 0 Å². The lowest BCUT2D eigenvalue weighted by molar-refractivity contribution is 0.152. The summed E-state index contributed by atoms with van der Waals surface area (Å²) >= 11 is 3.55. The standard InChI is InChI=1S/C14H14OS2/c15-13(7-10-5-6-16-8-10)12-9-17-14-4-2-1-3-11(12)14/h1-6,8,12-13,15H,7,9H2. The van der Waals surface area contributed by atoms with Crippen LogP contribution in [-0.4, -0.2) is 17.0 Å². The molecule has 0 saturated heterocycles. The molecule has 1 N–H and O–H groups in total. The Hall–Kier alpha value is -0.770. The van der Waals surface area contributed by atoms with E-state index in [9.17, 15) is 5.11 Å². The number of hydrogen-bond donors (Lipinski definition) is 1.